The second-order valence-corrected chi connectivity index (χ2v) is 4.97. The fraction of sp³-hybridized carbons (Fsp3) is 0.235. The Morgan fingerprint density at radius 3 is 2.76 bits per heavy atom. The number of ether oxygens (including phenoxy) is 1. The maximum atomic E-state index is 8.89. The quantitative estimate of drug-likeness (QED) is 0.827. The lowest BCUT2D eigenvalue weighted by Crippen LogP contribution is -2.23. The standard InChI is InChI=1S/C17H19N3O/c1-20(13-15-5-2-4-14(10-15)12-18)8-9-21-17-7-3-6-16(19)11-17/h2-7,10-11H,8-9,13,19H2,1H3. The molecule has 21 heavy (non-hydrogen) atoms. The van der Waals surface area contributed by atoms with Crippen LogP contribution in [0.1, 0.15) is 11.1 Å². The van der Waals surface area contributed by atoms with E-state index in [2.05, 4.69) is 11.0 Å². The minimum Gasteiger partial charge on any atom is -0.492 e. The van der Waals surface area contributed by atoms with E-state index in [-0.39, 0.29) is 0 Å². The lowest BCUT2D eigenvalue weighted by Gasteiger charge is -2.17. The third kappa shape index (κ3) is 4.83. The zero-order valence-electron chi connectivity index (χ0n) is 12.1. The van der Waals surface area contributed by atoms with E-state index in [4.69, 9.17) is 15.7 Å². The monoisotopic (exact) mass is 281 g/mol. The van der Waals surface area contributed by atoms with Crippen LogP contribution in [0.5, 0.6) is 5.75 Å². The number of anilines is 1. The molecule has 0 saturated heterocycles. The molecule has 0 aliphatic heterocycles. The molecule has 0 aliphatic rings. The van der Waals surface area contributed by atoms with Crippen LogP contribution in [-0.2, 0) is 6.54 Å². The highest BCUT2D eigenvalue weighted by Gasteiger charge is 2.02. The Balaban J connectivity index is 1.79. The molecule has 0 unspecified atom stereocenters. The summed E-state index contributed by atoms with van der Waals surface area (Å²) in [5, 5.41) is 8.89. The van der Waals surface area contributed by atoms with Crippen LogP contribution < -0.4 is 10.5 Å². The van der Waals surface area contributed by atoms with Gasteiger partial charge in [0, 0.05) is 24.8 Å². The molecular weight excluding hydrogens is 262 g/mol. The first-order valence-corrected chi connectivity index (χ1v) is 6.83. The molecule has 0 saturated carbocycles. The van der Waals surface area contributed by atoms with Crippen LogP contribution >= 0.6 is 0 Å². The van der Waals surface area contributed by atoms with Gasteiger partial charge in [-0.25, -0.2) is 0 Å². The fourth-order valence-corrected chi connectivity index (χ4v) is 2.05. The van der Waals surface area contributed by atoms with E-state index in [9.17, 15) is 0 Å². The van der Waals surface area contributed by atoms with E-state index in [0.717, 1.165) is 24.4 Å². The summed E-state index contributed by atoms with van der Waals surface area (Å²) >= 11 is 0. The van der Waals surface area contributed by atoms with Crippen molar-refractivity contribution in [2.75, 3.05) is 25.9 Å². The van der Waals surface area contributed by atoms with Gasteiger partial charge >= 0.3 is 0 Å². The van der Waals surface area contributed by atoms with Crippen molar-refractivity contribution >= 4 is 5.69 Å². The van der Waals surface area contributed by atoms with Crippen LogP contribution in [0, 0.1) is 11.3 Å². The van der Waals surface area contributed by atoms with Crippen LogP contribution in [0.2, 0.25) is 0 Å². The molecule has 0 heterocycles. The summed E-state index contributed by atoms with van der Waals surface area (Å²) < 4.78 is 5.67. The van der Waals surface area contributed by atoms with E-state index >= 15 is 0 Å². The number of benzene rings is 2. The normalized spacial score (nSPS) is 10.3. The topological polar surface area (TPSA) is 62.3 Å². The maximum absolute atomic E-state index is 8.89. The minimum atomic E-state index is 0.595. The molecule has 2 N–H and O–H groups in total. The summed E-state index contributed by atoms with van der Waals surface area (Å²) in [5.74, 6) is 0.787. The SMILES string of the molecule is CN(CCOc1cccc(N)c1)Cc1cccc(C#N)c1. The van der Waals surface area contributed by atoms with Gasteiger partial charge in [0.25, 0.3) is 0 Å². The predicted octanol–water partition coefficient (Wildman–Crippen LogP) is 2.65. The average Bonchev–Trinajstić information content (AvgIpc) is 2.47. The van der Waals surface area contributed by atoms with Crippen LogP contribution in [-0.4, -0.2) is 25.1 Å². The van der Waals surface area contributed by atoms with Crippen molar-refractivity contribution in [3.05, 3.63) is 59.7 Å². The van der Waals surface area contributed by atoms with Crippen LogP contribution in [0.4, 0.5) is 5.69 Å². The fourth-order valence-electron chi connectivity index (χ4n) is 2.05. The van der Waals surface area contributed by atoms with E-state index in [1.54, 1.807) is 0 Å². The summed E-state index contributed by atoms with van der Waals surface area (Å²) in [5.41, 5.74) is 8.22. The van der Waals surface area contributed by atoms with Crippen LogP contribution in [0.3, 0.4) is 0 Å². The molecule has 0 fully saturated rings. The van der Waals surface area contributed by atoms with Crippen molar-refractivity contribution in [3.63, 3.8) is 0 Å². The number of nitrogens with two attached hydrogens (primary N) is 1. The smallest absolute Gasteiger partial charge is 0.121 e. The number of rotatable bonds is 6. The molecule has 2 aromatic rings. The van der Waals surface area contributed by atoms with E-state index in [1.165, 1.54) is 0 Å². The molecule has 4 heteroatoms. The van der Waals surface area contributed by atoms with Gasteiger partial charge in [-0.3, -0.25) is 4.90 Å². The molecule has 0 aromatic heterocycles. The van der Waals surface area contributed by atoms with Gasteiger partial charge in [-0.1, -0.05) is 18.2 Å². The molecule has 0 amide bonds. The molecule has 0 spiro atoms. The molecule has 0 atom stereocenters. The van der Waals surface area contributed by atoms with Crippen LogP contribution in [0.15, 0.2) is 48.5 Å². The third-order valence-corrected chi connectivity index (χ3v) is 3.11. The summed E-state index contributed by atoms with van der Waals surface area (Å²) in [6.45, 7) is 2.18. The number of hydrogen-bond acceptors (Lipinski definition) is 4. The predicted molar refractivity (Wildman–Crippen MR) is 83.8 cm³/mol. The Bertz CT molecular complexity index is 634. The number of hydrogen-bond donors (Lipinski definition) is 1. The Morgan fingerprint density at radius 1 is 1.19 bits per heavy atom. The van der Waals surface area contributed by atoms with Gasteiger partial charge in [-0.15, -0.1) is 0 Å². The first-order valence-electron chi connectivity index (χ1n) is 6.83. The number of nitrogens with zero attached hydrogens (tertiary/aromatic N) is 2. The lowest BCUT2D eigenvalue weighted by atomic mass is 10.1. The van der Waals surface area contributed by atoms with Crippen molar-refractivity contribution < 1.29 is 4.74 Å². The maximum Gasteiger partial charge on any atom is 0.121 e. The molecular formula is C17H19N3O. The van der Waals surface area contributed by atoms with E-state index in [0.29, 0.717) is 17.9 Å². The summed E-state index contributed by atoms with van der Waals surface area (Å²) in [7, 11) is 2.03. The minimum absolute atomic E-state index is 0.595. The zero-order chi connectivity index (χ0) is 15.1. The van der Waals surface area contributed by atoms with Gasteiger partial charge in [0.1, 0.15) is 12.4 Å². The molecule has 0 radical (unpaired) electrons. The lowest BCUT2D eigenvalue weighted by molar-refractivity contribution is 0.233. The highest BCUT2D eigenvalue weighted by molar-refractivity contribution is 5.43. The Labute approximate surface area is 125 Å². The summed E-state index contributed by atoms with van der Waals surface area (Å²) in [6, 6.07) is 17.2. The molecule has 2 rings (SSSR count). The van der Waals surface area contributed by atoms with Gasteiger partial charge in [-0.2, -0.15) is 5.26 Å². The molecule has 108 valence electrons. The van der Waals surface area contributed by atoms with Gasteiger partial charge in [0.2, 0.25) is 0 Å². The van der Waals surface area contributed by atoms with Crippen molar-refractivity contribution in [1.82, 2.24) is 4.90 Å². The highest BCUT2D eigenvalue weighted by Crippen LogP contribution is 2.14. The first-order chi connectivity index (χ1) is 10.2. The Morgan fingerprint density at radius 2 is 2.00 bits per heavy atom. The van der Waals surface area contributed by atoms with Crippen LogP contribution in [0.25, 0.3) is 0 Å². The van der Waals surface area contributed by atoms with E-state index < -0.39 is 0 Å². The van der Waals surface area contributed by atoms with Crippen molar-refractivity contribution in [2.45, 2.75) is 6.54 Å². The largest absolute Gasteiger partial charge is 0.492 e. The Kier molecular flexibility index (Phi) is 5.19. The summed E-state index contributed by atoms with van der Waals surface area (Å²) in [6.07, 6.45) is 0. The number of likely N-dealkylation sites (N-methyl/N-ethyl adjacent to an activating group) is 1. The Hall–Kier alpha value is -2.51. The second-order valence-electron chi connectivity index (χ2n) is 4.97. The third-order valence-electron chi connectivity index (χ3n) is 3.11. The van der Waals surface area contributed by atoms with Gasteiger partial charge in [0.05, 0.1) is 11.6 Å². The van der Waals surface area contributed by atoms with Gasteiger partial charge < -0.3 is 10.5 Å². The second kappa shape index (κ2) is 7.32. The zero-order valence-corrected chi connectivity index (χ0v) is 12.1. The van der Waals surface area contributed by atoms with Crippen molar-refractivity contribution in [1.29, 1.82) is 5.26 Å². The van der Waals surface area contributed by atoms with Gasteiger partial charge in [-0.05, 0) is 36.9 Å². The molecule has 0 aliphatic carbocycles. The number of nitrogen functional groups attached to an aromatic ring is 1. The molecule has 2 aromatic carbocycles. The average molecular weight is 281 g/mol. The van der Waals surface area contributed by atoms with Crippen molar-refractivity contribution in [3.8, 4) is 11.8 Å². The molecule has 4 nitrogen and oxygen atoms in total. The van der Waals surface area contributed by atoms with E-state index in [1.807, 2.05) is 55.6 Å². The first kappa shape index (κ1) is 14.9. The number of nitriles is 1. The van der Waals surface area contributed by atoms with Gasteiger partial charge in [0.15, 0.2) is 0 Å². The van der Waals surface area contributed by atoms with Crippen molar-refractivity contribution in [2.24, 2.45) is 0 Å². The summed E-state index contributed by atoms with van der Waals surface area (Å²) in [4.78, 5) is 2.16. The molecule has 0 bridgehead atoms. The highest BCUT2D eigenvalue weighted by atomic mass is 16.5.